The second-order valence-corrected chi connectivity index (χ2v) is 10.6. The maximum Gasteiger partial charge on any atom is 0.331 e. The minimum Gasteiger partial charge on any atom is -0.382 e. The normalized spacial score (nSPS) is 11.7. The number of carbonyl (C=O) groups excluding carboxylic acids is 3. The van der Waals surface area contributed by atoms with Crippen molar-refractivity contribution in [2.45, 2.75) is 78.7 Å². The van der Waals surface area contributed by atoms with E-state index in [1.807, 2.05) is 41.3 Å². The molecule has 0 aliphatic rings. The number of hydrogen-bond acceptors (Lipinski definition) is 7. The lowest BCUT2D eigenvalue weighted by Crippen LogP contribution is -2.31. The van der Waals surface area contributed by atoms with Crippen LogP contribution < -0.4 is 4.90 Å². The van der Waals surface area contributed by atoms with Gasteiger partial charge >= 0.3 is 5.97 Å². The molecule has 0 saturated heterocycles. The van der Waals surface area contributed by atoms with Crippen LogP contribution in [0.2, 0.25) is 0 Å². The molecule has 0 fully saturated rings. The fourth-order valence-electron chi connectivity index (χ4n) is 4.41. The Bertz CT molecular complexity index is 1350. The van der Waals surface area contributed by atoms with E-state index < -0.39 is 11.6 Å². The van der Waals surface area contributed by atoms with Gasteiger partial charge < -0.3 is 14.8 Å². The molecule has 0 radical (unpaired) electrons. The van der Waals surface area contributed by atoms with Crippen molar-refractivity contribution in [3.8, 4) is 0 Å². The molecule has 3 aromatic carbocycles. The summed E-state index contributed by atoms with van der Waals surface area (Å²) < 4.78 is 0. The van der Waals surface area contributed by atoms with Gasteiger partial charge in [-0.25, -0.2) is 4.79 Å². The van der Waals surface area contributed by atoms with E-state index in [1.54, 1.807) is 24.3 Å². The Morgan fingerprint density at radius 3 is 1.76 bits per heavy atom. The summed E-state index contributed by atoms with van der Waals surface area (Å²) >= 11 is 0. The maximum atomic E-state index is 13.3. The third-order valence-corrected chi connectivity index (χ3v) is 6.75. The molecule has 3 rings (SSSR count). The van der Waals surface area contributed by atoms with Crippen LogP contribution in [0.15, 0.2) is 78.0 Å². The molecular formula is C34H40N2O5. The molecule has 216 valence electrons. The zero-order valence-corrected chi connectivity index (χ0v) is 24.6. The van der Waals surface area contributed by atoms with Crippen LogP contribution in [0.3, 0.4) is 0 Å². The van der Waals surface area contributed by atoms with Gasteiger partial charge in [-0.1, -0.05) is 50.4 Å². The lowest BCUT2D eigenvalue weighted by Gasteiger charge is -2.26. The predicted molar refractivity (Wildman–Crippen MR) is 163 cm³/mol. The topological polar surface area (TPSA) is 96.3 Å². The van der Waals surface area contributed by atoms with Crippen LogP contribution in [0.1, 0.15) is 93.0 Å². The highest BCUT2D eigenvalue weighted by molar-refractivity contribution is 6.45. The quantitative estimate of drug-likeness (QED) is 0.0717. The Morgan fingerprint density at radius 1 is 0.780 bits per heavy atom. The number of carbonyl (C=O) groups is 3. The summed E-state index contributed by atoms with van der Waals surface area (Å²) in [6, 6.07) is 22.5. The number of anilines is 3. The van der Waals surface area contributed by atoms with E-state index in [0.717, 1.165) is 49.2 Å². The summed E-state index contributed by atoms with van der Waals surface area (Å²) in [5.74, 6) is -1.20. The van der Waals surface area contributed by atoms with Gasteiger partial charge in [0, 0.05) is 35.1 Å². The van der Waals surface area contributed by atoms with Gasteiger partial charge in [-0.2, -0.15) is 0 Å². The lowest BCUT2D eigenvalue weighted by atomic mass is 9.96. The summed E-state index contributed by atoms with van der Waals surface area (Å²) in [6.45, 7) is 8.42. The lowest BCUT2D eigenvalue weighted by molar-refractivity contribution is -0.140. The van der Waals surface area contributed by atoms with E-state index in [2.05, 4.69) is 31.1 Å². The molecule has 0 atom stereocenters. The van der Waals surface area contributed by atoms with Crippen LogP contribution >= 0.6 is 0 Å². The number of hydrogen-bond donors (Lipinski definition) is 1. The van der Waals surface area contributed by atoms with Crippen LogP contribution in [0.5, 0.6) is 0 Å². The number of aliphatic hydroxyl groups is 1. The van der Waals surface area contributed by atoms with Gasteiger partial charge in [0.05, 0.1) is 0 Å². The molecule has 0 aliphatic carbocycles. The number of aryl methyl sites for hydroxylation is 1. The molecule has 7 heteroatoms. The largest absolute Gasteiger partial charge is 0.382 e. The van der Waals surface area contributed by atoms with Crippen LogP contribution in [0, 0.1) is 0 Å². The second kappa shape index (κ2) is 14.5. The third-order valence-electron chi connectivity index (χ3n) is 6.75. The molecule has 41 heavy (non-hydrogen) atoms. The van der Waals surface area contributed by atoms with Crippen molar-refractivity contribution >= 4 is 40.3 Å². The van der Waals surface area contributed by atoms with E-state index in [9.17, 15) is 19.5 Å². The Balaban J connectivity index is 1.95. The van der Waals surface area contributed by atoms with Gasteiger partial charge in [0.25, 0.3) is 0 Å². The molecule has 0 aromatic heterocycles. The summed E-state index contributed by atoms with van der Waals surface area (Å²) in [4.78, 5) is 44.1. The highest BCUT2D eigenvalue weighted by Crippen LogP contribution is 2.35. The van der Waals surface area contributed by atoms with Crippen LogP contribution in [-0.4, -0.2) is 34.0 Å². The van der Waals surface area contributed by atoms with Gasteiger partial charge in [0.2, 0.25) is 5.78 Å². The molecule has 0 unspecified atom stereocenters. The first-order chi connectivity index (χ1) is 19.5. The smallest absolute Gasteiger partial charge is 0.331 e. The highest BCUT2D eigenvalue weighted by Gasteiger charge is 2.25. The second-order valence-electron chi connectivity index (χ2n) is 10.6. The SMILES string of the molecule is CCCCCC/C(=N\OC(C)=O)C(=O)c1ccc(N(c2ccc(CC)cc2)c2ccc(C(=O)C(C)(C)O)cc2)cc1. The summed E-state index contributed by atoms with van der Waals surface area (Å²) in [5.41, 5.74) is 3.37. The number of rotatable bonds is 14. The number of benzene rings is 3. The summed E-state index contributed by atoms with van der Waals surface area (Å²) in [7, 11) is 0. The molecule has 7 nitrogen and oxygen atoms in total. The van der Waals surface area contributed by atoms with E-state index in [4.69, 9.17) is 4.84 Å². The van der Waals surface area contributed by atoms with Crippen molar-refractivity contribution in [1.82, 2.24) is 0 Å². The van der Waals surface area contributed by atoms with E-state index >= 15 is 0 Å². The van der Waals surface area contributed by atoms with Crippen molar-refractivity contribution in [2.24, 2.45) is 5.16 Å². The molecule has 0 spiro atoms. The maximum absolute atomic E-state index is 13.3. The Morgan fingerprint density at radius 2 is 1.29 bits per heavy atom. The molecular weight excluding hydrogens is 516 g/mol. The van der Waals surface area contributed by atoms with Gasteiger partial charge in [-0.3, -0.25) is 9.59 Å². The van der Waals surface area contributed by atoms with E-state index in [1.165, 1.54) is 26.3 Å². The number of oxime groups is 1. The first-order valence-electron chi connectivity index (χ1n) is 14.2. The molecule has 0 saturated carbocycles. The van der Waals surface area contributed by atoms with Gasteiger partial charge in [0.15, 0.2) is 5.78 Å². The fraction of sp³-hybridized carbons (Fsp3) is 0.353. The number of nitrogens with zero attached hydrogens (tertiary/aromatic N) is 2. The Hall–Kier alpha value is -4.10. The monoisotopic (exact) mass is 556 g/mol. The zero-order chi connectivity index (χ0) is 30.0. The standard InChI is InChI=1S/C34H40N2O5/c1-6-8-9-10-11-31(35-41-24(3)37)32(38)26-14-20-29(21-15-26)36(28-18-12-25(7-2)13-19-28)30-22-16-27(17-23-30)33(39)34(4,5)40/h12-23,40H,6-11H2,1-5H3/b35-31+. The first-order valence-corrected chi connectivity index (χ1v) is 14.2. The Labute approximate surface area is 242 Å². The molecule has 0 amide bonds. The minimum absolute atomic E-state index is 0.225. The van der Waals surface area contributed by atoms with Crippen LogP contribution in [-0.2, 0) is 16.1 Å². The first kappa shape index (κ1) is 31.4. The van der Waals surface area contributed by atoms with Crippen molar-refractivity contribution in [3.63, 3.8) is 0 Å². The number of ketones is 2. The molecule has 0 heterocycles. The van der Waals surface area contributed by atoms with Gasteiger partial charge in [-0.15, -0.1) is 0 Å². The molecule has 0 aliphatic heterocycles. The van der Waals surface area contributed by atoms with Crippen molar-refractivity contribution in [3.05, 3.63) is 89.5 Å². The fourth-order valence-corrected chi connectivity index (χ4v) is 4.41. The zero-order valence-electron chi connectivity index (χ0n) is 24.6. The summed E-state index contributed by atoms with van der Waals surface area (Å²) in [6.07, 6.45) is 5.23. The number of Topliss-reactive ketones (excluding diaryl/α,β-unsaturated/α-hetero) is 2. The Kier molecular flexibility index (Phi) is 11.1. The van der Waals surface area contributed by atoms with Crippen LogP contribution in [0.25, 0.3) is 0 Å². The highest BCUT2D eigenvalue weighted by atomic mass is 16.7. The van der Waals surface area contributed by atoms with E-state index in [0.29, 0.717) is 17.5 Å². The third kappa shape index (κ3) is 8.69. The average Bonchev–Trinajstić information content (AvgIpc) is 2.96. The van der Waals surface area contributed by atoms with Crippen molar-refractivity contribution < 1.29 is 24.3 Å². The van der Waals surface area contributed by atoms with Gasteiger partial charge in [0.1, 0.15) is 11.3 Å². The van der Waals surface area contributed by atoms with Crippen molar-refractivity contribution in [2.75, 3.05) is 4.90 Å². The molecule has 0 bridgehead atoms. The van der Waals surface area contributed by atoms with Crippen LogP contribution in [0.4, 0.5) is 17.1 Å². The van der Waals surface area contributed by atoms with Crippen molar-refractivity contribution in [1.29, 1.82) is 0 Å². The molecule has 3 aromatic rings. The average molecular weight is 557 g/mol. The minimum atomic E-state index is -1.47. The summed E-state index contributed by atoms with van der Waals surface area (Å²) in [5, 5.41) is 14.0. The number of unbranched alkanes of at least 4 members (excludes halogenated alkanes) is 3. The molecule has 1 N–H and O–H groups in total. The van der Waals surface area contributed by atoms with Gasteiger partial charge in [-0.05, 0) is 99.3 Å². The predicted octanol–water partition coefficient (Wildman–Crippen LogP) is 7.74. The van der Waals surface area contributed by atoms with E-state index in [-0.39, 0.29) is 17.3 Å².